The second kappa shape index (κ2) is 7.45. The molecule has 2 amide bonds. The van der Waals surface area contributed by atoms with E-state index in [1.165, 1.54) is 4.90 Å². The normalized spacial score (nSPS) is 15.6. The van der Waals surface area contributed by atoms with E-state index in [4.69, 9.17) is 9.84 Å². The topological polar surface area (TPSA) is 83.9 Å². The van der Waals surface area contributed by atoms with Crippen LogP contribution in [0.4, 0.5) is 10.5 Å². The minimum atomic E-state index is -1.06. The molecule has 3 rings (SSSR count). The van der Waals surface area contributed by atoms with Crippen molar-refractivity contribution in [2.45, 2.75) is 6.92 Å². The average Bonchev–Trinajstić information content (AvgIpc) is 2.88. The summed E-state index contributed by atoms with van der Waals surface area (Å²) in [6.07, 6.45) is 1.63. The summed E-state index contributed by atoms with van der Waals surface area (Å²) in [7, 11) is 0. The maximum Gasteiger partial charge on any atom is 0.341 e. The van der Waals surface area contributed by atoms with E-state index in [0.29, 0.717) is 21.9 Å². The zero-order chi connectivity index (χ0) is 18.7. The molecule has 0 saturated carbocycles. The highest BCUT2D eigenvalue weighted by Crippen LogP contribution is 2.36. The predicted molar refractivity (Wildman–Crippen MR) is 99.2 cm³/mol. The summed E-state index contributed by atoms with van der Waals surface area (Å²) in [6.45, 7) is 1.42. The Labute approximate surface area is 154 Å². The van der Waals surface area contributed by atoms with Crippen LogP contribution in [0.25, 0.3) is 6.08 Å². The summed E-state index contributed by atoms with van der Waals surface area (Å²) in [6, 6.07) is 13.8. The molecule has 132 valence electrons. The standard InChI is InChI=1S/C19H15NO5S/c1-12-4-2-3-5-15(12)20-18(23)16(26-19(20)24)10-13-6-8-14(9-7-13)25-11-17(21)22/h2-10H,11H2,1H3,(H,21,22)/b16-10+. The van der Waals surface area contributed by atoms with Gasteiger partial charge in [-0.2, -0.15) is 0 Å². The van der Waals surface area contributed by atoms with Gasteiger partial charge < -0.3 is 9.84 Å². The lowest BCUT2D eigenvalue weighted by molar-refractivity contribution is -0.139. The van der Waals surface area contributed by atoms with Crippen LogP contribution in [0.15, 0.2) is 53.4 Å². The molecule has 0 bridgehead atoms. The number of nitrogens with zero attached hydrogens (tertiary/aromatic N) is 1. The highest BCUT2D eigenvalue weighted by molar-refractivity contribution is 8.19. The Bertz CT molecular complexity index is 904. The van der Waals surface area contributed by atoms with Crippen LogP contribution in [0.2, 0.25) is 0 Å². The number of thioether (sulfide) groups is 1. The second-order valence-corrected chi connectivity index (χ2v) is 6.55. The highest BCUT2D eigenvalue weighted by atomic mass is 32.2. The summed E-state index contributed by atoms with van der Waals surface area (Å²) in [5.74, 6) is -1.00. The summed E-state index contributed by atoms with van der Waals surface area (Å²) in [5, 5.41) is 8.26. The number of carbonyl (C=O) groups is 3. The summed E-state index contributed by atoms with van der Waals surface area (Å²) in [4.78, 5) is 36.9. The van der Waals surface area contributed by atoms with Crippen molar-refractivity contribution >= 4 is 40.6 Å². The average molecular weight is 369 g/mol. The Morgan fingerprint density at radius 1 is 1.15 bits per heavy atom. The van der Waals surface area contributed by atoms with Crippen molar-refractivity contribution in [2.75, 3.05) is 11.5 Å². The first-order chi connectivity index (χ1) is 12.5. The number of aryl methyl sites for hydroxylation is 1. The van der Waals surface area contributed by atoms with Crippen LogP contribution in [0, 0.1) is 6.92 Å². The number of carbonyl (C=O) groups excluding carboxylic acids is 2. The van der Waals surface area contributed by atoms with Crippen molar-refractivity contribution in [2.24, 2.45) is 0 Å². The third kappa shape index (κ3) is 3.78. The van der Waals surface area contributed by atoms with Gasteiger partial charge in [-0.1, -0.05) is 30.3 Å². The Morgan fingerprint density at radius 3 is 2.50 bits per heavy atom. The lowest BCUT2D eigenvalue weighted by atomic mass is 10.1. The van der Waals surface area contributed by atoms with Crippen molar-refractivity contribution < 1.29 is 24.2 Å². The third-order valence-electron chi connectivity index (χ3n) is 3.69. The molecular weight excluding hydrogens is 354 g/mol. The van der Waals surface area contributed by atoms with E-state index in [1.807, 2.05) is 19.1 Å². The molecule has 0 atom stereocenters. The molecule has 2 aromatic rings. The Kier molecular flexibility index (Phi) is 5.09. The van der Waals surface area contributed by atoms with Gasteiger partial charge in [-0.3, -0.25) is 9.59 Å². The molecule has 0 aromatic heterocycles. The molecule has 1 N–H and O–H groups in total. The van der Waals surface area contributed by atoms with Crippen LogP contribution in [0.5, 0.6) is 5.75 Å². The molecule has 1 heterocycles. The fourth-order valence-electron chi connectivity index (χ4n) is 2.45. The molecule has 26 heavy (non-hydrogen) atoms. The number of aliphatic carboxylic acids is 1. The number of para-hydroxylation sites is 1. The third-order valence-corrected chi connectivity index (χ3v) is 4.56. The number of rotatable bonds is 5. The van der Waals surface area contributed by atoms with Crippen LogP contribution in [0.3, 0.4) is 0 Å². The number of ether oxygens (including phenoxy) is 1. The first-order valence-electron chi connectivity index (χ1n) is 7.74. The number of benzene rings is 2. The fraction of sp³-hybridized carbons (Fsp3) is 0.105. The first kappa shape index (κ1) is 17.8. The van der Waals surface area contributed by atoms with Crippen molar-refractivity contribution in [1.29, 1.82) is 0 Å². The number of hydrogen-bond acceptors (Lipinski definition) is 5. The second-order valence-electron chi connectivity index (χ2n) is 5.56. The van der Waals surface area contributed by atoms with Gasteiger partial charge in [-0.05, 0) is 54.1 Å². The number of anilines is 1. The summed E-state index contributed by atoms with van der Waals surface area (Å²) < 4.78 is 5.06. The smallest absolute Gasteiger partial charge is 0.341 e. The number of amides is 2. The molecular formula is C19H15NO5S. The molecule has 1 aliphatic heterocycles. The molecule has 0 aliphatic carbocycles. The summed E-state index contributed by atoms with van der Waals surface area (Å²) >= 11 is 0.888. The van der Waals surface area contributed by atoms with Crippen molar-refractivity contribution in [3.05, 3.63) is 64.6 Å². The molecule has 0 spiro atoms. The Balaban J connectivity index is 1.80. The van der Waals surface area contributed by atoms with Crippen LogP contribution < -0.4 is 9.64 Å². The van der Waals surface area contributed by atoms with Gasteiger partial charge in [0.05, 0.1) is 10.6 Å². The minimum absolute atomic E-state index is 0.331. The Hall–Kier alpha value is -3.06. The molecule has 6 nitrogen and oxygen atoms in total. The van der Waals surface area contributed by atoms with Gasteiger partial charge in [0.1, 0.15) is 5.75 Å². The van der Waals surface area contributed by atoms with Gasteiger partial charge in [-0.25, -0.2) is 9.69 Å². The zero-order valence-electron chi connectivity index (χ0n) is 13.8. The van der Waals surface area contributed by atoms with E-state index in [2.05, 4.69) is 0 Å². The molecule has 0 unspecified atom stereocenters. The number of hydrogen-bond donors (Lipinski definition) is 1. The highest BCUT2D eigenvalue weighted by Gasteiger charge is 2.36. The van der Waals surface area contributed by atoms with Gasteiger partial charge in [0.25, 0.3) is 11.1 Å². The lowest BCUT2D eigenvalue weighted by Crippen LogP contribution is -2.28. The van der Waals surface area contributed by atoms with Gasteiger partial charge in [0.2, 0.25) is 0 Å². The monoisotopic (exact) mass is 369 g/mol. The number of carboxylic acids is 1. The van der Waals surface area contributed by atoms with E-state index in [1.54, 1.807) is 42.5 Å². The van der Waals surface area contributed by atoms with Crippen LogP contribution in [0.1, 0.15) is 11.1 Å². The lowest BCUT2D eigenvalue weighted by Gasteiger charge is -2.14. The maximum absolute atomic E-state index is 12.6. The van der Waals surface area contributed by atoms with Gasteiger partial charge >= 0.3 is 5.97 Å². The van der Waals surface area contributed by atoms with Crippen molar-refractivity contribution in [3.8, 4) is 5.75 Å². The maximum atomic E-state index is 12.6. The predicted octanol–water partition coefficient (Wildman–Crippen LogP) is 3.70. The van der Waals surface area contributed by atoms with E-state index in [9.17, 15) is 14.4 Å². The molecule has 7 heteroatoms. The molecule has 2 aromatic carbocycles. The minimum Gasteiger partial charge on any atom is -0.482 e. The van der Waals surface area contributed by atoms with E-state index >= 15 is 0 Å². The van der Waals surface area contributed by atoms with Crippen LogP contribution >= 0.6 is 11.8 Å². The molecule has 1 aliphatic rings. The first-order valence-corrected chi connectivity index (χ1v) is 8.55. The van der Waals surface area contributed by atoms with Crippen molar-refractivity contribution in [1.82, 2.24) is 0 Å². The quantitative estimate of drug-likeness (QED) is 0.809. The summed E-state index contributed by atoms with van der Waals surface area (Å²) in [5.41, 5.74) is 2.13. The SMILES string of the molecule is Cc1ccccc1N1C(=O)S/C(=C/c2ccc(OCC(=O)O)cc2)C1=O. The molecule has 1 fully saturated rings. The number of imide groups is 1. The number of carboxylic acid groups (broad SMARTS) is 1. The molecule has 0 radical (unpaired) electrons. The van der Waals surface area contributed by atoms with Gasteiger partial charge in [-0.15, -0.1) is 0 Å². The molecule has 1 saturated heterocycles. The van der Waals surface area contributed by atoms with E-state index in [0.717, 1.165) is 17.3 Å². The van der Waals surface area contributed by atoms with Crippen LogP contribution in [-0.2, 0) is 9.59 Å². The van der Waals surface area contributed by atoms with Crippen LogP contribution in [-0.4, -0.2) is 28.8 Å². The van der Waals surface area contributed by atoms with Crippen molar-refractivity contribution in [3.63, 3.8) is 0 Å². The Morgan fingerprint density at radius 2 is 1.85 bits per heavy atom. The van der Waals surface area contributed by atoms with E-state index < -0.39 is 12.6 Å². The zero-order valence-corrected chi connectivity index (χ0v) is 14.7. The largest absolute Gasteiger partial charge is 0.482 e. The van der Waals surface area contributed by atoms with E-state index in [-0.39, 0.29) is 11.1 Å². The van der Waals surface area contributed by atoms with Gasteiger partial charge in [0, 0.05) is 0 Å². The fourth-order valence-corrected chi connectivity index (χ4v) is 3.28. The van der Waals surface area contributed by atoms with Gasteiger partial charge in [0.15, 0.2) is 6.61 Å².